The minimum absolute atomic E-state index is 0.225. The summed E-state index contributed by atoms with van der Waals surface area (Å²) in [4.78, 5) is 11.2. The molecule has 0 spiro atoms. The van der Waals surface area contributed by atoms with E-state index in [9.17, 15) is 4.79 Å². The van der Waals surface area contributed by atoms with Crippen molar-refractivity contribution in [2.45, 2.75) is 38.0 Å². The van der Waals surface area contributed by atoms with Crippen molar-refractivity contribution in [2.75, 3.05) is 0 Å². The van der Waals surface area contributed by atoms with Gasteiger partial charge < -0.3 is 5.32 Å². The second-order valence-corrected chi connectivity index (χ2v) is 10.0. The zero-order valence-electron chi connectivity index (χ0n) is 9.99. The van der Waals surface area contributed by atoms with Gasteiger partial charge in [-0.2, -0.15) is 0 Å². The molecule has 0 saturated carbocycles. The number of carbonyl (C=O) groups excluding carboxylic acids is 1. The van der Waals surface area contributed by atoms with Crippen molar-refractivity contribution in [1.29, 1.82) is 0 Å². The highest BCUT2D eigenvalue weighted by atomic mass is 28.3. The van der Waals surface area contributed by atoms with Crippen molar-refractivity contribution in [1.82, 2.24) is 5.32 Å². The molecule has 0 aromatic heterocycles. The van der Waals surface area contributed by atoms with E-state index in [-0.39, 0.29) is 5.91 Å². The van der Waals surface area contributed by atoms with E-state index in [1.54, 1.807) is 0 Å². The molecule has 3 heteroatoms. The van der Waals surface area contributed by atoms with Gasteiger partial charge >= 0.3 is 0 Å². The summed E-state index contributed by atoms with van der Waals surface area (Å²) >= 11 is 0. The maximum atomic E-state index is 11.2. The number of hydrogen-bond acceptors (Lipinski definition) is 1. The zero-order valence-corrected chi connectivity index (χ0v) is 11.0. The van der Waals surface area contributed by atoms with E-state index in [2.05, 4.69) is 48.7 Å². The van der Waals surface area contributed by atoms with E-state index in [1.807, 2.05) is 0 Å². The van der Waals surface area contributed by atoms with Gasteiger partial charge in [-0.3, -0.25) is 4.79 Å². The Balaban J connectivity index is 2.05. The SMILES string of the molecule is C[Si](C)(C[C@@H]1CCC(=O)N1)c1ccccc1. The average Bonchev–Trinajstić information content (AvgIpc) is 2.64. The molecule has 2 rings (SSSR count). The molecule has 1 aromatic carbocycles. The maximum absolute atomic E-state index is 11.2. The molecule has 1 saturated heterocycles. The van der Waals surface area contributed by atoms with Gasteiger partial charge in [0.1, 0.15) is 0 Å². The van der Waals surface area contributed by atoms with Crippen LogP contribution in [-0.2, 0) is 4.79 Å². The molecule has 0 aliphatic carbocycles. The van der Waals surface area contributed by atoms with Crippen LogP contribution in [0.4, 0.5) is 0 Å². The molecular formula is C13H19NOSi. The Bertz CT molecular complexity index is 375. The maximum Gasteiger partial charge on any atom is 0.220 e. The fourth-order valence-corrected chi connectivity index (χ4v) is 5.32. The first-order valence-corrected chi connectivity index (χ1v) is 9.13. The lowest BCUT2D eigenvalue weighted by Crippen LogP contribution is -2.46. The summed E-state index contributed by atoms with van der Waals surface area (Å²) in [5.74, 6) is 0.225. The molecule has 2 nitrogen and oxygen atoms in total. The van der Waals surface area contributed by atoms with Crippen molar-refractivity contribution >= 4 is 19.2 Å². The number of carbonyl (C=O) groups is 1. The zero-order chi connectivity index (χ0) is 11.6. The van der Waals surface area contributed by atoms with Crippen LogP contribution in [0.5, 0.6) is 0 Å². The van der Waals surface area contributed by atoms with Crippen LogP contribution in [-0.4, -0.2) is 20.0 Å². The van der Waals surface area contributed by atoms with Gasteiger partial charge in [0.05, 0.1) is 8.07 Å². The van der Waals surface area contributed by atoms with Crippen LogP contribution in [0.2, 0.25) is 19.1 Å². The smallest absolute Gasteiger partial charge is 0.220 e. The predicted molar refractivity (Wildman–Crippen MR) is 69.5 cm³/mol. The van der Waals surface area contributed by atoms with Crippen LogP contribution in [0.1, 0.15) is 12.8 Å². The van der Waals surface area contributed by atoms with Crippen molar-refractivity contribution in [3.05, 3.63) is 30.3 Å². The highest BCUT2D eigenvalue weighted by Crippen LogP contribution is 2.19. The van der Waals surface area contributed by atoms with Crippen LogP contribution in [0, 0.1) is 0 Å². The second-order valence-electron chi connectivity index (χ2n) is 5.26. The summed E-state index contributed by atoms with van der Waals surface area (Å²) in [7, 11) is -1.39. The minimum atomic E-state index is -1.39. The molecule has 86 valence electrons. The Morgan fingerprint density at radius 3 is 2.56 bits per heavy atom. The van der Waals surface area contributed by atoms with Crippen LogP contribution >= 0.6 is 0 Å². The number of hydrogen-bond donors (Lipinski definition) is 1. The third-order valence-corrected chi connectivity index (χ3v) is 6.81. The first kappa shape index (κ1) is 11.4. The lowest BCUT2D eigenvalue weighted by atomic mass is 10.2. The molecule has 1 amide bonds. The summed E-state index contributed by atoms with van der Waals surface area (Å²) in [6, 6.07) is 12.3. The number of rotatable bonds is 3. The summed E-state index contributed by atoms with van der Waals surface area (Å²) in [6.07, 6.45) is 1.73. The van der Waals surface area contributed by atoms with Gasteiger partial charge in [-0.15, -0.1) is 0 Å². The van der Waals surface area contributed by atoms with Gasteiger partial charge in [0, 0.05) is 12.5 Å². The van der Waals surface area contributed by atoms with Gasteiger partial charge in [-0.25, -0.2) is 0 Å². The van der Waals surface area contributed by atoms with E-state index in [0.717, 1.165) is 12.5 Å². The van der Waals surface area contributed by atoms with E-state index in [1.165, 1.54) is 5.19 Å². The molecular weight excluding hydrogens is 214 g/mol. The van der Waals surface area contributed by atoms with Gasteiger partial charge in [0.15, 0.2) is 0 Å². The Kier molecular flexibility index (Phi) is 3.14. The van der Waals surface area contributed by atoms with Gasteiger partial charge in [-0.1, -0.05) is 48.6 Å². The monoisotopic (exact) mass is 233 g/mol. The quantitative estimate of drug-likeness (QED) is 0.794. The molecule has 16 heavy (non-hydrogen) atoms. The van der Waals surface area contributed by atoms with E-state index in [0.29, 0.717) is 12.5 Å². The van der Waals surface area contributed by atoms with Crippen LogP contribution < -0.4 is 10.5 Å². The standard InChI is InChI=1S/C13H19NOSi/c1-16(2,12-6-4-3-5-7-12)10-11-8-9-13(15)14-11/h3-7,11H,8-10H2,1-2H3,(H,14,15)/t11-/m0/s1. The third-order valence-electron chi connectivity index (χ3n) is 3.40. The molecule has 1 heterocycles. The average molecular weight is 233 g/mol. The van der Waals surface area contributed by atoms with Crippen LogP contribution in [0.15, 0.2) is 30.3 Å². The molecule has 1 N–H and O–H groups in total. The molecule has 1 fully saturated rings. The fourth-order valence-electron chi connectivity index (χ4n) is 2.45. The van der Waals surface area contributed by atoms with E-state index >= 15 is 0 Å². The Morgan fingerprint density at radius 2 is 2.00 bits per heavy atom. The molecule has 1 aromatic rings. The third kappa shape index (κ3) is 2.53. The summed E-state index contributed by atoms with van der Waals surface area (Å²) < 4.78 is 0. The van der Waals surface area contributed by atoms with Gasteiger partial charge in [0.25, 0.3) is 0 Å². The Morgan fingerprint density at radius 1 is 1.31 bits per heavy atom. The first-order valence-electron chi connectivity index (χ1n) is 5.93. The highest BCUT2D eigenvalue weighted by Gasteiger charge is 2.30. The van der Waals surface area contributed by atoms with Crippen LogP contribution in [0.25, 0.3) is 0 Å². The molecule has 1 aliphatic rings. The largest absolute Gasteiger partial charge is 0.354 e. The Labute approximate surface area is 98.1 Å². The molecule has 1 aliphatic heterocycles. The van der Waals surface area contributed by atoms with Crippen LogP contribution in [0.3, 0.4) is 0 Å². The highest BCUT2D eigenvalue weighted by molar-refractivity contribution is 6.89. The first-order chi connectivity index (χ1) is 7.58. The van der Waals surface area contributed by atoms with Crippen molar-refractivity contribution in [3.63, 3.8) is 0 Å². The molecule has 0 bridgehead atoms. The fraction of sp³-hybridized carbons (Fsp3) is 0.462. The van der Waals surface area contributed by atoms with Crippen molar-refractivity contribution in [2.24, 2.45) is 0 Å². The number of amides is 1. The topological polar surface area (TPSA) is 29.1 Å². The predicted octanol–water partition coefficient (Wildman–Crippen LogP) is 1.88. The van der Waals surface area contributed by atoms with Gasteiger partial charge in [-0.05, 0) is 12.5 Å². The lowest BCUT2D eigenvalue weighted by molar-refractivity contribution is -0.119. The minimum Gasteiger partial charge on any atom is -0.354 e. The summed E-state index contributed by atoms with van der Waals surface area (Å²) in [5, 5.41) is 4.56. The van der Waals surface area contributed by atoms with Gasteiger partial charge in [0.2, 0.25) is 5.91 Å². The molecule has 0 unspecified atom stereocenters. The number of benzene rings is 1. The molecule has 1 atom stereocenters. The Hall–Kier alpha value is -1.09. The normalized spacial score (nSPS) is 20.9. The lowest BCUT2D eigenvalue weighted by Gasteiger charge is -2.26. The van der Waals surface area contributed by atoms with E-state index < -0.39 is 8.07 Å². The summed E-state index contributed by atoms with van der Waals surface area (Å²) in [6.45, 7) is 4.76. The van der Waals surface area contributed by atoms with E-state index in [4.69, 9.17) is 0 Å². The van der Waals surface area contributed by atoms with Crippen molar-refractivity contribution in [3.8, 4) is 0 Å². The molecule has 0 radical (unpaired) electrons. The summed E-state index contributed by atoms with van der Waals surface area (Å²) in [5.41, 5.74) is 0. The van der Waals surface area contributed by atoms with Crippen molar-refractivity contribution < 1.29 is 4.79 Å². The second kappa shape index (κ2) is 4.42. The number of nitrogens with one attached hydrogen (secondary N) is 1.